The van der Waals surface area contributed by atoms with Gasteiger partial charge >= 0.3 is 0 Å². The first kappa shape index (κ1) is 18.3. The van der Waals surface area contributed by atoms with Crippen molar-refractivity contribution < 1.29 is 9.53 Å². The number of hydrogen-bond donors (Lipinski definition) is 1. The predicted octanol–water partition coefficient (Wildman–Crippen LogP) is 2.42. The van der Waals surface area contributed by atoms with Crippen molar-refractivity contribution in [3.05, 3.63) is 41.2 Å². The zero-order valence-electron chi connectivity index (χ0n) is 14.9. The molecule has 3 rings (SSSR count). The molecule has 0 spiro atoms. The van der Waals surface area contributed by atoms with E-state index in [-0.39, 0.29) is 5.91 Å². The molecule has 1 aliphatic heterocycles. The highest BCUT2D eigenvalue weighted by Gasteiger charge is 2.22. The van der Waals surface area contributed by atoms with Gasteiger partial charge < -0.3 is 19.9 Å². The molecule has 0 unspecified atom stereocenters. The molecule has 0 saturated carbocycles. The lowest BCUT2D eigenvalue weighted by atomic mass is 10.2. The van der Waals surface area contributed by atoms with Gasteiger partial charge in [0.1, 0.15) is 23.7 Å². The van der Waals surface area contributed by atoms with Crippen LogP contribution in [0.15, 0.2) is 30.6 Å². The summed E-state index contributed by atoms with van der Waals surface area (Å²) in [6.07, 6.45) is 1.51. The second-order valence-corrected chi connectivity index (χ2v) is 6.46. The number of anilines is 2. The van der Waals surface area contributed by atoms with Gasteiger partial charge in [-0.2, -0.15) is 0 Å². The number of aromatic nitrogens is 2. The summed E-state index contributed by atoms with van der Waals surface area (Å²) >= 11 is 6.22. The number of carbonyl (C=O) groups is 1. The third-order valence-electron chi connectivity index (χ3n) is 4.20. The second kappa shape index (κ2) is 8.23. The van der Waals surface area contributed by atoms with Crippen molar-refractivity contribution in [3.8, 4) is 5.75 Å². The van der Waals surface area contributed by atoms with Gasteiger partial charge in [-0.1, -0.05) is 17.7 Å². The number of nitrogens with one attached hydrogen (secondary N) is 1. The maximum Gasteiger partial charge on any atom is 0.241 e. The van der Waals surface area contributed by atoms with Crippen molar-refractivity contribution in [2.75, 3.05) is 43.5 Å². The van der Waals surface area contributed by atoms with Gasteiger partial charge in [0.2, 0.25) is 5.91 Å². The molecule has 1 aromatic carbocycles. The molecule has 0 atom stereocenters. The number of rotatable bonds is 6. The van der Waals surface area contributed by atoms with E-state index in [4.69, 9.17) is 16.3 Å². The fraction of sp³-hybridized carbons (Fsp3) is 0.389. The summed E-state index contributed by atoms with van der Waals surface area (Å²) in [6.45, 7) is 4.86. The quantitative estimate of drug-likeness (QED) is 0.836. The number of ether oxygens (including phenoxy) is 1. The van der Waals surface area contributed by atoms with Gasteiger partial charge in [-0.3, -0.25) is 4.79 Å². The Kier molecular flexibility index (Phi) is 5.78. The molecule has 2 heterocycles. The summed E-state index contributed by atoms with van der Waals surface area (Å²) < 4.78 is 5.44. The molecule has 7 nitrogen and oxygen atoms in total. The van der Waals surface area contributed by atoms with Crippen molar-refractivity contribution in [1.82, 2.24) is 14.9 Å². The lowest BCUT2D eigenvalue weighted by Crippen LogP contribution is -2.48. The van der Waals surface area contributed by atoms with Crippen LogP contribution >= 0.6 is 11.6 Å². The molecule has 0 aliphatic carbocycles. The summed E-state index contributed by atoms with van der Waals surface area (Å²) in [4.78, 5) is 24.1. The summed E-state index contributed by atoms with van der Waals surface area (Å²) in [6, 6.07) is 7.56. The molecular formula is C18H22ClN5O2. The highest BCUT2D eigenvalue weighted by atomic mass is 35.5. The van der Waals surface area contributed by atoms with Crippen LogP contribution in [0.4, 0.5) is 11.6 Å². The van der Waals surface area contributed by atoms with Crippen LogP contribution in [0.3, 0.4) is 0 Å². The fourth-order valence-electron chi connectivity index (χ4n) is 2.69. The van der Waals surface area contributed by atoms with Crippen molar-refractivity contribution >= 4 is 29.1 Å². The lowest BCUT2D eigenvalue weighted by Gasteiger charge is -2.32. The van der Waals surface area contributed by atoms with E-state index in [0.29, 0.717) is 42.8 Å². The van der Waals surface area contributed by atoms with Crippen LogP contribution in [0.2, 0.25) is 5.02 Å². The first-order valence-electron chi connectivity index (χ1n) is 8.53. The van der Waals surface area contributed by atoms with E-state index >= 15 is 0 Å². The molecule has 0 bridgehead atoms. The first-order valence-corrected chi connectivity index (χ1v) is 8.90. The summed E-state index contributed by atoms with van der Waals surface area (Å²) in [5, 5.41) is 3.85. The Morgan fingerprint density at radius 1 is 1.27 bits per heavy atom. The van der Waals surface area contributed by atoms with E-state index < -0.39 is 0 Å². The molecule has 8 heteroatoms. The van der Waals surface area contributed by atoms with Gasteiger partial charge in [0.25, 0.3) is 0 Å². The molecule has 2 aromatic rings. The lowest BCUT2D eigenvalue weighted by molar-refractivity contribution is -0.129. The Morgan fingerprint density at radius 3 is 2.85 bits per heavy atom. The molecule has 138 valence electrons. The highest BCUT2D eigenvalue weighted by Crippen LogP contribution is 2.26. The van der Waals surface area contributed by atoms with Crippen molar-refractivity contribution in [3.63, 3.8) is 0 Å². The maximum absolute atomic E-state index is 11.9. The van der Waals surface area contributed by atoms with E-state index in [1.165, 1.54) is 6.33 Å². The topological polar surface area (TPSA) is 70.6 Å². The number of likely N-dealkylation sites (N-methyl/N-ethyl adjacent to an activating group) is 1. The van der Waals surface area contributed by atoms with Crippen LogP contribution in [-0.2, 0) is 11.3 Å². The number of amides is 1. The first-order chi connectivity index (χ1) is 12.6. The maximum atomic E-state index is 11.9. The average molecular weight is 376 g/mol. The highest BCUT2D eigenvalue weighted by molar-refractivity contribution is 6.32. The zero-order valence-corrected chi connectivity index (χ0v) is 15.7. The van der Waals surface area contributed by atoms with Crippen LogP contribution in [0.5, 0.6) is 5.75 Å². The monoisotopic (exact) mass is 375 g/mol. The van der Waals surface area contributed by atoms with Gasteiger partial charge in [0.05, 0.1) is 18.2 Å². The Labute approximate surface area is 157 Å². The fourth-order valence-corrected chi connectivity index (χ4v) is 2.95. The number of hydrogen-bond acceptors (Lipinski definition) is 6. The Bertz CT molecular complexity index is 786. The minimum absolute atomic E-state index is 0.0911. The van der Waals surface area contributed by atoms with Crippen molar-refractivity contribution in [2.24, 2.45) is 0 Å². The summed E-state index contributed by atoms with van der Waals surface area (Å²) in [5.41, 5.74) is 1.02. The molecular weight excluding hydrogens is 354 g/mol. The molecule has 0 radical (unpaired) electrons. The van der Waals surface area contributed by atoms with Crippen LogP contribution in [0.1, 0.15) is 12.5 Å². The zero-order chi connectivity index (χ0) is 18.5. The average Bonchev–Trinajstić information content (AvgIpc) is 2.65. The van der Waals surface area contributed by atoms with Crippen molar-refractivity contribution in [1.29, 1.82) is 0 Å². The van der Waals surface area contributed by atoms with E-state index in [9.17, 15) is 4.79 Å². The van der Waals surface area contributed by atoms with E-state index in [2.05, 4.69) is 15.3 Å². The smallest absolute Gasteiger partial charge is 0.241 e. The molecule has 26 heavy (non-hydrogen) atoms. The van der Waals surface area contributed by atoms with Gasteiger partial charge in [0, 0.05) is 32.7 Å². The van der Waals surface area contributed by atoms with Crippen molar-refractivity contribution in [2.45, 2.75) is 13.5 Å². The Balaban J connectivity index is 1.64. The van der Waals surface area contributed by atoms with Crippen LogP contribution in [0.25, 0.3) is 0 Å². The molecule has 1 saturated heterocycles. The van der Waals surface area contributed by atoms with Gasteiger partial charge in [-0.15, -0.1) is 0 Å². The third-order valence-corrected chi connectivity index (χ3v) is 4.50. The summed E-state index contributed by atoms with van der Waals surface area (Å²) in [7, 11) is 1.81. The standard InChI is InChI=1S/C18H22ClN5O2/c1-3-26-15-5-4-13(8-14(15)19)10-20-16-9-17(22-12-21-16)24-7-6-23(2)18(25)11-24/h4-5,8-9,12H,3,6-7,10-11H2,1-2H3,(H,20,21,22). The molecule has 1 amide bonds. The van der Waals surface area contributed by atoms with Crippen LogP contribution < -0.4 is 15.0 Å². The number of piperazine rings is 1. The van der Waals surface area contributed by atoms with Gasteiger partial charge in [-0.25, -0.2) is 9.97 Å². The third kappa shape index (κ3) is 4.35. The van der Waals surface area contributed by atoms with E-state index in [0.717, 1.165) is 17.9 Å². The van der Waals surface area contributed by atoms with E-state index in [1.807, 2.05) is 43.1 Å². The SMILES string of the molecule is CCOc1ccc(CNc2cc(N3CCN(C)C(=O)C3)ncn2)cc1Cl. The predicted molar refractivity (Wildman–Crippen MR) is 102 cm³/mol. The minimum Gasteiger partial charge on any atom is -0.492 e. The number of halogens is 1. The minimum atomic E-state index is 0.0911. The van der Waals surface area contributed by atoms with E-state index in [1.54, 1.807) is 4.90 Å². The van der Waals surface area contributed by atoms with Gasteiger partial charge in [-0.05, 0) is 24.6 Å². The second-order valence-electron chi connectivity index (χ2n) is 6.05. The largest absolute Gasteiger partial charge is 0.492 e. The van der Waals surface area contributed by atoms with Gasteiger partial charge in [0.15, 0.2) is 0 Å². The van der Waals surface area contributed by atoms with Crippen LogP contribution in [0, 0.1) is 0 Å². The molecule has 1 N–H and O–H groups in total. The number of nitrogens with zero attached hydrogens (tertiary/aromatic N) is 4. The normalized spacial score (nSPS) is 14.5. The number of carbonyl (C=O) groups excluding carboxylic acids is 1. The van der Waals surface area contributed by atoms with Crippen LogP contribution in [-0.4, -0.2) is 54.1 Å². The molecule has 1 aromatic heterocycles. The summed E-state index contributed by atoms with van der Waals surface area (Å²) in [5.74, 6) is 2.22. The Hall–Kier alpha value is -2.54. The number of benzene rings is 1. The molecule has 1 fully saturated rings. The molecule has 1 aliphatic rings. The Morgan fingerprint density at radius 2 is 2.12 bits per heavy atom.